The fourth-order valence-corrected chi connectivity index (χ4v) is 1.91. The monoisotopic (exact) mass is 298 g/mol. The van der Waals surface area contributed by atoms with E-state index in [1.54, 1.807) is 35.1 Å². The zero-order chi connectivity index (χ0) is 15.4. The van der Waals surface area contributed by atoms with E-state index in [2.05, 4.69) is 15.4 Å². The summed E-state index contributed by atoms with van der Waals surface area (Å²) >= 11 is 0. The topological polar surface area (TPSA) is 82.2 Å². The summed E-state index contributed by atoms with van der Waals surface area (Å²) < 4.78 is 12.2. The van der Waals surface area contributed by atoms with Crippen molar-refractivity contribution in [1.29, 1.82) is 0 Å². The Morgan fingerprint density at radius 1 is 1.36 bits per heavy atom. The van der Waals surface area contributed by atoms with Crippen molar-refractivity contribution in [2.75, 3.05) is 12.4 Å². The molecule has 0 radical (unpaired) electrons. The van der Waals surface area contributed by atoms with Crippen LogP contribution in [0.4, 0.5) is 5.69 Å². The molecule has 0 aliphatic carbocycles. The molecule has 3 aromatic heterocycles. The largest absolute Gasteiger partial charge is 0.481 e. The van der Waals surface area contributed by atoms with Crippen molar-refractivity contribution in [1.82, 2.24) is 14.8 Å². The number of amides is 1. The first kappa shape index (κ1) is 13.9. The highest BCUT2D eigenvalue weighted by Crippen LogP contribution is 2.14. The van der Waals surface area contributed by atoms with Gasteiger partial charge in [-0.2, -0.15) is 5.10 Å². The molecule has 22 heavy (non-hydrogen) atoms. The molecule has 0 aliphatic heterocycles. The minimum absolute atomic E-state index is 0.234. The van der Waals surface area contributed by atoms with Gasteiger partial charge in [-0.15, -0.1) is 0 Å². The van der Waals surface area contributed by atoms with Gasteiger partial charge in [-0.25, -0.2) is 4.98 Å². The summed E-state index contributed by atoms with van der Waals surface area (Å²) in [5.74, 6) is 1.04. The predicted molar refractivity (Wildman–Crippen MR) is 78.8 cm³/mol. The smallest absolute Gasteiger partial charge is 0.291 e. The first-order chi connectivity index (χ1) is 10.7. The number of aromatic nitrogens is 3. The Morgan fingerprint density at radius 3 is 2.95 bits per heavy atom. The molecule has 7 nitrogen and oxygen atoms in total. The van der Waals surface area contributed by atoms with E-state index in [1.807, 2.05) is 12.3 Å². The van der Waals surface area contributed by atoms with Crippen LogP contribution >= 0.6 is 0 Å². The summed E-state index contributed by atoms with van der Waals surface area (Å²) in [6.45, 7) is 0.477. The van der Waals surface area contributed by atoms with E-state index in [4.69, 9.17) is 9.15 Å². The Morgan fingerprint density at radius 2 is 2.27 bits per heavy atom. The lowest BCUT2D eigenvalue weighted by molar-refractivity contribution is 0.0994. The second-order valence-electron chi connectivity index (χ2n) is 4.51. The number of hydrogen-bond acceptors (Lipinski definition) is 5. The third-order valence-corrected chi connectivity index (χ3v) is 2.97. The Kier molecular flexibility index (Phi) is 3.86. The zero-order valence-corrected chi connectivity index (χ0v) is 11.9. The van der Waals surface area contributed by atoms with Gasteiger partial charge in [-0.1, -0.05) is 0 Å². The van der Waals surface area contributed by atoms with Crippen LogP contribution in [0.3, 0.4) is 0 Å². The fourth-order valence-electron chi connectivity index (χ4n) is 1.91. The molecule has 0 saturated carbocycles. The van der Waals surface area contributed by atoms with Crippen LogP contribution in [0, 0.1) is 0 Å². The molecule has 0 unspecified atom stereocenters. The SMILES string of the molecule is COc1ccc(NC(=O)c2ccc(Cn3cccn3)o2)cn1. The van der Waals surface area contributed by atoms with Crippen molar-refractivity contribution in [2.45, 2.75) is 6.54 Å². The second-order valence-corrected chi connectivity index (χ2v) is 4.51. The number of carbonyl (C=O) groups is 1. The lowest BCUT2D eigenvalue weighted by Crippen LogP contribution is -2.11. The Hall–Kier alpha value is -3.09. The van der Waals surface area contributed by atoms with Crippen molar-refractivity contribution in [3.63, 3.8) is 0 Å². The number of pyridine rings is 1. The van der Waals surface area contributed by atoms with Crippen molar-refractivity contribution in [2.24, 2.45) is 0 Å². The maximum Gasteiger partial charge on any atom is 0.291 e. The normalized spacial score (nSPS) is 10.4. The average Bonchev–Trinajstić information content (AvgIpc) is 3.20. The van der Waals surface area contributed by atoms with Crippen molar-refractivity contribution in [3.05, 3.63) is 60.4 Å². The molecule has 1 amide bonds. The van der Waals surface area contributed by atoms with Gasteiger partial charge in [-0.05, 0) is 24.3 Å². The van der Waals surface area contributed by atoms with E-state index in [0.29, 0.717) is 23.9 Å². The molecule has 0 atom stereocenters. The quantitative estimate of drug-likeness (QED) is 0.780. The van der Waals surface area contributed by atoms with Crippen LogP contribution in [0.5, 0.6) is 5.88 Å². The van der Waals surface area contributed by atoms with E-state index in [9.17, 15) is 4.79 Å². The predicted octanol–water partition coefficient (Wildman–Crippen LogP) is 2.18. The Labute approximate surface area is 126 Å². The van der Waals surface area contributed by atoms with Crippen molar-refractivity contribution in [3.8, 4) is 5.88 Å². The van der Waals surface area contributed by atoms with Gasteiger partial charge >= 0.3 is 0 Å². The number of carbonyl (C=O) groups excluding carboxylic acids is 1. The molecule has 0 saturated heterocycles. The molecule has 7 heteroatoms. The minimum atomic E-state index is -0.335. The van der Waals surface area contributed by atoms with E-state index < -0.39 is 0 Å². The summed E-state index contributed by atoms with van der Waals surface area (Å²) in [5.41, 5.74) is 0.566. The van der Waals surface area contributed by atoms with E-state index in [0.717, 1.165) is 0 Å². The Bertz CT molecular complexity index is 747. The van der Waals surface area contributed by atoms with Gasteiger partial charge in [0.15, 0.2) is 5.76 Å². The van der Waals surface area contributed by atoms with E-state index >= 15 is 0 Å². The Balaban J connectivity index is 1.65. The van der Waals surface area contributed by atoms with Crippen LogP contribution in [0.2, 0.25) is 0 Å². The molecule has 0 bridgehead atoms. The number of anilines is 1. The van der Waals surface area contributed by atoms with Crippen molar-refractivity contribution < 1.29 is 13.9 Å². The van der Waals surface area contributed by atoms with Crippen LogP contribution in [-0.2, 0) is 6.54 Å². The summed E-state index contributed by atoms with van der Waals surface area (Å²) in [7, 11) is 1.53. The van der Waals surface area contributed by atoms with Gasteiger partial charge in [-0.3, -0.25) is 9.48 Å². The molecule has 3 rings (SSSR count). The average molecular weight is 298 g/mol. The van der Waals surface area contributed by atoms with Crippen LogP contribution < -0.4 is 10.1 Å². The summed E-state index contributed by atoms with van der Waals surface area (Å²) in [6, 6.07) is 8.58. The molecular weight excluding hydrogens is 284 g/mol. The highest BCUT2D eigenvalue weighted by atomic mass is 16.5. The lowest BCUT2D eigenvalue weighted by Gasteiger charge is -2.04. The highest BCUT2D eigenvalue weighted by Gasteiger charge is 2.12. The molecule has 1 N–H and O–H groups in total. The first-order valence-electron chi connectivity index (χ1n) is 6.62. The minimum Gasteiger partial charge on any atom is -0.481 e. The lowest BCUT2D eigenvalue weighted by atomic mass is 10.3. The maximum atomic E-state index is 12.1. The number of rotatable bonds is 5. The molecule has 3 aromatic rings. The van der Waals surface area contributed by atoms with E-state index in [-0.39, 0.29) is 11.7 Å². The zero-order valence-electron chi connectivity index (χ0n) is 11.9. The van der Waals surface area contributed by atoms with Gasteiger partial charge in [0.25, 0.3) is 5.91 Å². The third-order valence-electron chi connectivity index (χ3n) is 2.97. The van der Waals surface area contributed by atoms with Gasteiger partial charge in [0, 0.05) is 18.5 Å². The molecular formula is C15H14N4O3. The van der Waals surface area contributed by atoms with Crippen molar-refractivity contribution >= 4 is 11.6 Å². The molecule has 3 heterocycles. The summed E-state index contributed by atoms with van der Waals surface area (Å²) in [6.07, 6.45) is 5.03. The van der Waals surface area contributed by atoms with Gasteiger partial charge < -0.3 is 14.5 Å². The fraction of sp³-hybridized carbons (Fsp3) is 0.133. The molecule has 0 fully saturated rings. The molecule has 0 aromatic carbocycles. The van der Waals surface area contributed by atoms with Crippen LogP contribution in [0.1, 0.15) is 16.3 Å². The number of methoxy groups -OCH3 is 1. The van der Waals surface area contributed by atoms with Crippen LogP contribution in [0.15, 0.2) is 53.3 Å². The number of furan rings is 1. The number of nitrogens with zero attached hydrogens (tertiary/aromatic N) is 3. The number of nitrogens with one attached hydrogen (secondary N) is 1. The van der Waals surface area contributed by atoms with E-state index in [1.165, 1.54) is 13.3 Å². The third kappa shape index (κ3) is 3.14. The highest BCUT2D eigenvalue weighted by molar-refractivity contribution is 6.02. The number of ether oxygens (including phenoxy) is 1. The summed E-state index contributed by atoms with van der Waals surface area (Å²) in [4.78, 5) is 16.1. The van der Waals surface area contributed by atoms with Gasteiger partial charge in [0.1, 0.15) is 5.76 Å². The van der Waals surface area contributed by atoms with Gasteiger partial charge in [0.05, 0.1) is 25.5 Å². The molecule has 0 aliphatic rings. The van der Waals surface area contributed by atoms with Crippen LogP contribution in [-0.4, -0.2) is 27.8 Å². The second kappa shape index (κ2) is 6.13. The molecule has 112 valence electrons. The first-order valence-corrected chi connectivity index (χ1v) is 6.62. The maximum absolute atomic E-state index is 12.1. The van der Waals surface area contributed by atoms with Crippen LogP contribution in [0.25, 0.3) is 0 Å². The standard InChI is InChI=1S/C15H14N4O3/c1-21-14-6-3-11(9-16-14)18-15(20)13-5-4-12(22-13)10-19-8-2-7-17-19/h2-9H,10H2,1H3,(H,18,20). The number of hydrogen-bond donors (Lipinski definition) is 1. The molecule has 0 spiro atoms. The van der Waals surface area contributed by atoms with Gasteiger partial charge in [0.2, 0.25) is 5.88 Å². The summed E-state index contributed by atoms with van der Waals surface area (Å²) in [5, 5.41) is 6.79.